The van der Waals surface area contributed by atoms with Gasteiger partial charge in [0.15, 0.2) is 0 Å². The average Bonchev–Trinajstić information content (AvgIpc) is 2.67. The van der Waals surface area contributed by atoms with E-state index < -0.39 is 0 Å². The molecule has 2 heterocycles. The van der Waals surface area contributed by atoms with Gasteiger partial charge >= 0.3 is 0 Å². The van der Waals surface area contributed by atoms with E-state index in [0.717, 1.165) is 54.8 Å². The van der Waals surface area contributed by atoms with Crippen molar-refractivity contribution in [1.29, 1.82) is 0 Å². The molecule has 0 unspecified atom stereocenters. The van der Waals surface area contributed by atoms with E-state index >= 15 is 0 Å². The van der Waals surface area contributed by atoms with Gasteiger partial charge in [-0.2, -0.15) is 0 Å². The third kappa shape index (κ3) is 4.34. The van der Waals surface area contributed by atoms with Gasteiger partial charge in [0.2, 0.25) is 5.95 Å². The quantitative estimate of drug-likeness (QED) is 0.709. The van der Waals surface area contributed by atoms with Gasteiger partial charge in [-0.3, -0.25) is 0 Å². The van der Waals surface area contributed by atoms with Gasteiger partial charge in [0.05, 0.1) is 12.1 Å². The van der Waals surface area contributed by atoms with Crippen LogP contribution in [0.2, 0.25) is 0 Å². The Balaban J connectivity index is 1.53. The molecule has 0 spiro atoms. The van der Waals surface area contributed by atoms with Gasteiger partial charge in [0.25, 0.3) is 0 Å². The van der Waals surface area contributed by atoms with Crippen LogP contribution in [-0.2, 0) is 0 Å². The smallest absolute Gasteiger partial charge is 0.227 e. The fraction of sp³-hybridized carbons (Fsp3) is 0.333. The van der Waals surface area contributed by atoms with E-state index in [2.05, 4.69) is 20.6 Å². The van der Waals surface area contributed by atoms with Crippen molar-refractivity contribution in [3.05, 3.63) is 54.0 Å². The second-order valence-electron chi connectivity index (χ2n) is 7.01. The highest BCUT2D eigenvalue weighted by atomic mass is 19.1. The molecule has 5 nitrogen and oxygen atoms in total. The fourth-order valence-electron chi connectivity index (χ4n) is 3.34. The molecule has 2 N–H and O–H groups in total. The van der Waals surface area contributed by atoms with Gasteiger partial charge in [-0.15, -0.1) is 0 Å². The largest absolute Gasteiger partial charge is 0.493 e. The van der Waals surface area contributed by atoms with Crippen molar-refractivity contribution in [1.82, 2.24) is 15.3 Å². The number of hydrogen-bond donors (Lipinski definition) is 2. The number of halogens is 1. The van der Waals surface area contributed by atoms with Crippen molar-refractivity contribution >= 4 is 22.5 Å². The van der Waals surface area contributed by atoms with Crippen LogP contribution in [-0.4, -0.2) is 29.7 Å². The minimum Gasteiger partial charge on any atom is -0.493 e. The third-order valence-electron chi connectivity index (χ3n) is 4.89. The summed E-state index contributed by atoms with van der Waals surface area (Å²) in [6.07, 6.45) is 4.07. The second-order valence-corrected chi connectivity index (χ2v) is 7.01. The van der Waals surface area contributed by atoms with Gasteiger partial charge in [-0.05, 0) is 68.6 Å². The zero-order chi connectivity index (χ0) is 18.6. The molecule has 0 atom stereocenters. The van der Waals surface area contributed by atoms with Crippen molar-refractivity contribution in [2.24, 2.45) is 5.92 Å². The maximum absolute atomic E-state index is 13.4. The Labute approximate surface area is 158 Å². The SMILES string of the molecule is Cc1cc2cnc(Nc3cccc(F)c3)nc2cc1OCC1CCNCC1. The van der Waals surface area contributed by atoms with Crippen LogP contribution in [0.15, 0.2) is 42.6 Å². The van der Waals surface area contributed by atoms with E-state index in [4.69, 9.17) is 4.74 Å². The third-order valence-corrected chi connectivity index (χ3v) is 4.89. The maximum Gasteiger partial charge on any atom is 0.227 e. The summed E-state index contributed by atoms with van der Waals surface area (Å²) in [5, 5.41) is 7.37. The van der Waals surface area contributed by atoms with Crippen LogP contribution in [0.3, 0.4) is 0 Å². The first-order valence-electron chi connectivity index (χ1n) is 9.31. The number of nitrogens with zero attached hydrogens (tertiary/aromatic N) is 2. The second kappa shape index (κ2) is 7.88. The lowest BCUT2D eigenvalue weighted by Gasteiger charge is -2.23. The van der Waals surface area contributed by atoms with Crippen molar-refractivity contribution < 1.29 is 9.13 Å². The van der Waals surface area contributed by atoms with E-state index in [0.29, 0.717) is 17.6 Å². The molecule has 1 fully saturated rings. The van der Waals surface area contributed by atoms with E-state index in [9.17, 15) is 4.39 Å². The number of benzene rings is 2. The predicted octanol–water partition coefficient (Wildman–Crippen LogP) is 4.20. The van der Waals surface area contributed by atoms with Gasteiger partial charge < -0.3 is 15.4 Å². The molecule has 27 heavy (non-hydrogen) atoms. The lowest BCUT2D eigenvalue weighted by atomic mass is 9.99. The molecule has 1 aromatic heterocycles. The van der Waals surface area contributed by atoms with E-state index in [-0.39, 0.29) is 5.82 Å². The standard InChI is InChI=1S/C21H23FN4O/c1-14-9-16-12-24-21(25-18-4-2-3-17(22)10-18)26-19(16)11-20(14)27-13-15-5-7-23-8-6-15/h2-4,9-12,15,23H,5-8,13H2,1H3,(H,24,25,26). The molecule has 1 aliphatic rings. The maximum atomic E-state index is 13.4. The highest BCUT2D eigenvalue weighted by molar-refractivity contribution is 5.81. The van der Waals surface area contributed by atoms with E-state index in [1.54, 1.807) is 18.3 Å². The average molecular weight is 366 g/mol. The summed E-state index contributed by atoms with van der Waals surface area (Å²) in [6, 6.07) is 10.2. The van der Waals surface area contributed by atoms with Crippen LogP contribution in [0.25, 0.3) is 10.9 Å². The Bertz CT molecular complexity index is 941. The fourth-order valence-corrected chi connectivity index (χ4v) is 3.34. The molecular weight excluding hydrogens is 343 g/mol. The minimum absolute atomic E-state index is 0.301. The normalized spacial score (nSPS) is 15.0. The predicted molar refractivity (Wildman–Crippen MR) is 105 cm³/mol. The van der Waals surface area contributed by atoms with E-state index in [1.807, 2.05) is 19.1 Å². The van der Waals surface area contributed by atoms with Crippen LogP contribution in [0.4, 0.5) is 16.0 Å². The molecule has 3 aromatic rings. The zero-order valence-corrected chi connectivity index (χ0v) is 15.3. The molecule has 0 saturated carbocycles. The van der Waals surface area contributed by atoms with Gasteiger partial charge in [-0.25, -0.2) is 14.4 Å². The van der Waals surface area contributed by atoms with Gasteiger partial charge in [0.1, 0.15) is 11.6 Å². The van der Waals surface area contributed by atoms with Crippen LogP contribution in [0.5, 0.6) is 5.75 Å². The molecule has 0 amide bonds. The molecule has 4 rings (SSSR count). The number of anilines is 2. The summed E-state index contributed by atoms with van der Waals surface area (Å²) in [5.74, 6) is 1.58. The Kier molecular flexibility index (Phi) is 5.16. The summed E-state index contributed by atoms with van der Waals surface area (Å²) in [4.78, 5) is 8.89. The number of hydrogen-bond acceptors (Lipinski definition) is 5. The Morgan fingerprint density at radius 1 is 1.22 bits per heavy atom. The van der Waals surface area contributed by atoms with Crippen LogP contribution in [0.1, 0.15) is 18.4 Å². The van der Waals surface area contributed by atoms with Crippen molar-refractivity contribution in [2.45, 2.75) is 19.8 Å². The number of ether oxygens (including phenoxy) is 1. The molecule has 6 heteroatoms. The Morgan fingerprint density at radius 2 is 2.07 bits per heavy atom. The number of piperidine rings is 1. The lowest BCUT2D eigenvalue weighted by molar-refractivity contribution is 0.214. The highest BCUT2D eigenvalue weighted by Crippen LogP contribution is 2.26. The van der Waals surface area contributed by atoms with Crippen molar-refractivity contribution in [3.63, 3.8) is 0 Å². The van der Waals surface area contributed by atoms with Gasteiger partial charge in [0, 0.05) is 23.3 Å². The van der Waals surface area contributed by atoms with Crippen molar-refractivity contribution in [3.8, 4) is 5.75 Å². The summed E-state index contributed by atoms with van der Waals surface area (Å²) in [6.45, 7) is 4.89. The minimum atomic E-state index is -0.301. The topological polar surface area (TPSA) is 59.1 Å². The highest BCUT2D eigenvalue weighted by Gasteiger charge is 2.14. The molecule has 1 saturated heterocycles. The first-order chi connectivity index (χ1) is 13.2. The monoisotopic (exact) mass is 366 g/mol. The van der Waals surface area contributed by atoms with Gasteiger partial charge in [-0.1, -0.05) is 6.07 Å². The molecule has 140 valence electrons. The summed E-state index contributed by atoms with van der Waals surface area (Å²) in [7, 11) is 0. The number of fused-ring (bicyclic) bond motifs is 1. The van der Waals surface area contributed by atoms with E-state index in [1.165, 1.54) is 12.1 Å². The molecular formula is C21H23FN4O. The summed E-state index contributed by atoms with van der Waals surface area (Å²) < 4.78 is 19.5. The number of aromatic nitrogens is 2. The molecule has 0 radical (unpaired) electrons. The summed E-state index contributed by atoms with van der Waals surface area (Å²) >= 11 is 0. The molecule has 0 bridgehead atoms. The number of rotatable bonds is 5. The summed E-state index contributed by atoms with van der Waals surface area (Å²) in [5.41, 5.74) is 2.49. The molecule has 1 aliphatic heterocycles. The van der Waals surface area contributed by atoms with Crippen molar-refractivity contribution in [2.75, 3.05) is 25.0 Å². The first-order valence-corrected chi connectivity index (χ1v) is 9.31. The van der Waals surface area contributed by atoms with Crippen LogP contribution >= 0.6 is 0 Å². The molecule has 0 aliphatic carbocycles. The van der Waals surface area contributed by atoms with Crippen LogP contribution in [0, 0.1) is 18.7 Å². The number of nitrogens with one attached hydrogen (secondary N) is 2. The first kappa shape index (κ1) is 17.7. The number of aryl methyl sites for hydroxylation is 1. The van der Waals surface area contributed by atoms with Crippen LogP contribution < -0.4 is 15.4 Å². The Morgan fingerprint density at radius 3 is 2.89 bits per heavy atom. The molecule has 2 aromatic carbocycles. The Hall–Kier alpha value is -2.73. The zero-order valence-electron chi connectivity index (χ0n) is 15.3. The lowest BCUT2D eigenvalue weighted by Crippen LogP contribution is -2.30.